The lowest BCUT2D eigenvalue weighted by atomic mass is 9.65. The average Bonchev–Trinajstić information content (AvgIpc) is 2.40. The zero-order chi connectivity index (χ0) is 12.5. The molecule has 0 aromatic heterocycles. The Bertz CT molecular complexity index is 412. The van der Waals surface area contributed by atoms with Crippen molar-refractivity contribution in [3.05, 3.63) is 35.4 Å². The summed E-state index contributed by atoms with van der Waals surface area (Å²) in [7, 11) is 0. The van der Waals surface area contributed by atoms with Crippen LogP contribution >= 0.6 is 0 Å². The van der Waals surface area contributed by atoms with Crippen molar-refractivity contribution in [1.29, 1.82) is 0 Å². The molecule has 3 rings (SSSR count). The van der Waals surface area contributed by atoms with Gasteiger partial charge in [0, 0.05) is 5.92 Å². The first-order chi connectivity index (χ1) is 8.81. The van der Waals surface area contributed by atoms with Crippen LogP contribution in [0.25, 0.3) is 0 Å². The van der Waals surface area contributed by atoms with E-state index in [2.05, 4.69) is 31.2 Å². The smallest absolute Gasteiger partial charge is 0.0642 e. The Morgan fingerprint density at radius 3 is 2.78 bits per heavy atom. The van der Waals surface area contributed by atoms with Crippen molar-refractivity contribution in [3.8, 4) is 0 Å². The fourth-order valence-corrected chi connectivity index (χ4v) is 4.09. The van der Waals surface area contributed by atoms with Crippen molar-refractivity contribution in [3.63, 3.8) is 0 Å². The van der Waals surface area contributed by atoms with E-state index in [1.165, 1.54) is 43.2 Å². The van der Waals surface area contributed by atoms with E-state index in [0.717, 1.165) is 12.3 Å². The Balaban J connectivity index is 1.74. The van der Waals surface area contributed by atoms with Crippen molar-refractivity contribution in [1.82, 2.24) is 0 Å². The molecular weight excluding hydrogens is 220 g/mol. The molecule has 0 aliphatic heterocycles. The molecule has 0 heterocycles. The molecule has 1 N–H and O–H groups in total. The number of hydrogen-bond donors (Lipinski definition) is 1. The highest BCUT2D eigenvalue weighted by molar-refractivity contribution is 5.41. The van der Waals surface area contributed by atoms with E-state index >= 15 is 0 Å². The molecule has 0 radical (unpaired) electrons. The van der Waals surface area contributed by atoms with Gasteiger partial charge in [0.15, 0.2) is 0 Å². The summed E-state index contributed by atoms with van der Waals surface area (Å²) in [6.07, 6.45) is 7.45. The maximum absolute atomic E-state index is 10.7. The highest BCUT2D eigenvalue weighted by Crippen LogP contribution is 2.44. The maximum atomic E-state index is 10.7. The van der Waals surface area contributed by atoms with Crippen LogP contribution in [0.5, 0.6) is 0 Å². The number of aliphatic hydroxyl groups is 1. The van der Waals surface area contributed by atoms with E-state index in [1.54, 1.807) is 0 Å². The molecule has 1 fully saturated rings. The number of aliphatic hydroxyl groups excluding tert-OH is 1. The molecule has 0 bridgehead atoms. The van der Waals surface area contributed by atoms with Crippen molar-refractivity contribution < 1.29 is 5.11 Å². The summed E-state index contributed by atoms with van der Waals surface area (Å²) >= 11 is 0. The largest absolute Gasteiger partial charge is 0.392 e. The fraction of sp³-hybridized carbons (Fsp3) is 0.647. The van der Waals surface area contributed by atoms with E-state index in [4.69, 9.17) is 0 Å². The third-order valence-electron chi connectivity index (χ3n) is 5.24. The van der Waals surface area contributed by atoms with Gasteiger partial charge in [0.1, 0.15) is 0 Å². The van der Waals surface area contributed by atoms with Gasteiger partial charge in [-0.05, 0) is 35.8 Å². The Morgan fingerprint density at radius 2 is 2.00 bits per heavy atom. The zero-order valence-corrected chi connectivity index (χ0v) is 11.3. The van der Waals surface area contributed by atoms with Gasteiger partial charge >= 0.3 is 0 Å². The summed E-state index contributed by atoms with van der Waals surface area (Å²) in [5.74, 6) is 1.71. The predicted molar refractivity (Wildman–Crippen MR) is 74.6 cm³/mol. The van der Waals surface area contributed by atoms with Gasteiger partial charge in [-0.3, -0.25) is 0 Å². The summed E-state index contributed by atoms with van der Waals surface area (Å²) in [4.78, 5) is 0. The lowest BCUT2D eigenvalue weighted by Gasteiger charge is -2.42. The minimum atomic E-state index is -0.106. The first-order valence-electron chi connectivity index (χ1n) is 7.57. The van der Waals surface area contributed by atoms with Crippen molar-refractivity contribution >= 4 is 0 Å². The van der Waals surface area contributed by atoms with E-state index < -0.39 is 0 Å². The molecule has 4 unspecified atom stereocenters. The minimum Gasteiger partial charge on any atom is -0.392 e. The van der Waals surface area contributed by atoms with Gasteiger partial charge in [-0.1, -0.05) is 56.9 Å². The molecule has 1 aromatic carbocycles. The van der Waals surface area contributed by atoms with E-state index in [1.807, 2.05) is 0 Å². The molecular formula is C17H24O. The standard InChI is InChI=1S/C17H24O/c1-2-12-7-3-6-10-15(12)17(18)16-11-13-8-4-5-9-14(13)16/h4-5,8-9,12,15-18H,2-3,6-7,10-11H2,1H3. The van der Waals surface area contributed by atoms with Gasteiger partial charge in [-0.25, -0.2) is 0 Å². The van der Waals surface area contributed by atoms with Gasteiger partial charge in [-0.2, -0.15) is 0 Å². The number of hydrogen-bond acceptors (Lipinski definition) is 1. The molecule has 1 heteroatoms. The third kappa shape index (κ3) is 1.99. The van der Waals surface area contributed by atoms with Gasteiger partial charge in [-0.15, -0.1) is 0 Å². The van der Waals surface area contributed by atoms with E-state index in [0.29, 0.717) is 11.8 Å². The summed E-state index contributed by atoms with van der Waals surface area (Å²) in [5, 5.41) is 10.7. The van der Waals surface area contributed by atoms with Crippen molar-refractivity contribution in [2.75, 3.05) is 0 Å². The van der Waals surface area contributed by atoms with E-state index in [-0.39, 0.29) is 6.10 Å². The molecule has 1 nitrogen and oxygen atoms in total. The molecule has 0 saturated heterocycles. The van der Waals surface area contributed by atoms with Gasteiger partial charge in [0.05, 0.1) is 6.10 Å². The monoisotopic (exact) mass is 244 g/mol. The second-order valence-corrected chi connectivity index (χ2v) is 6.12. The van der Waals surface area contributed by atoms with Crippen LogP contribution in [0, 0.1) is 11.8 Å². The summed E-state index contributed by atoms with van der Waals surface area (Å²) in [5.41, 5.74) is 2.86. The molecule has 1 saturated carbocycles. The highest BCUT2D eigenvalue weighted by Gasteiger charge is 2.39. The van der Waals surface area contributed by atoms with Crippen molar-refractivity contribution in [2.24, 2.45) is 11.8 Å². The quantitative estimate of drug-likeness (QED) is 0.855. The minimum absolute atomic E-state index is 0.106. The molecule has 18 heavy (non-hydrogen) atoms. The average molecular weight is 244 g/mol. The first-order valence-corrected chi connectivity index (χ1v) is 7.57. The molecule has 1 aromatic rings. The van der Waals surface area contributed by atoms with Crippen LogP contribution in [0.1, 0.15) is 56.1 Å². The normalized spacial score (nSPS) is 32.4. The van der Waals surface area contributed by atoms with Gasteiger partial charge < -0.3 is 5.11 Å². The topological polar surface area (TPSA) is 20.2 Å². The Labute approximate surface area is 110 Å². The maximum Gasteiger partial charge on any atom is 0.0642 e. The Morgan fingerprint density at radius 1 is 1.22 bits per heavy atom. The molecule has 0 spiro atoms. The number of fused-ring (bicyclic) bond motifs is 1. The van der Waals surface area contributed by atoms with Crippen LogP contribution in [0.2, 0.25) is 0 Å². The lowest BCUT2D eigenvalue weighted by molar-refractivity contribution is 0.0205. The third-order valence-corrected chi connectivity index (χ3v) is 5.24. The Hall–Kier alpha value is -0.820. The van der Waals surface area contributed by atoms with E-state index in [9.17, 15) is 5.11 Å². The summed E-state index contributed by atoms with van der Waals surface area (Å²) in [6, 6.07) is 8.63. The fourth-order valence-electron chi connectivity index (χ4n) is 4.09. The second kappa shape index (κ2) is 5.05. The first kappa shape index (κ1) is 12.2. The van der Waals surface area contributed by atoms with Crippen LogP contribution < -0.4 is 0 Å². The SMILES string of the molecule is CCC1CCCCC1C(O)C1Cc2ccccc21. The molecule has 2 aliphatic rings. The second-order valence-electron chi connectivity index (χ2n) is 6.12. The predicted octanol–water partition coefficient (Wildman–Crippen LogP) is 3.90. The van der Waals surface area contributed by atoms with Crippen LogP contribution in [0.4, 0.5) is 0 Å². The van der Waals surface area contributed by atoms with Gasteiger partial charge in [0.2, 0.25) is 0 Å². The zero-order valence-electron chi connectivity index (χ0n) is 11.3. The Kier molecular flexibility index (Phi) is 3.43. The summed E-state index contributed by atoms with van der Waals surface area (Å²) < 4.78 is 0. The lowest BCUT2D eigenvalue weighted by Crippen LogP contribution is -2.39. The molecule has 0 amide bonds. The highest BCUT2D eigenvalue weighted by atomic mass is 16.3. The summed E-state index contributed by atoms with van der Waals surface area (Å²) in [6.45, 7) is 2.28. The van der Waals surface area contributed by atoms with Crippen LogP contribution in [-0.4, -0.2) is 11.2 Å². The van der Waals surface area contributed by atoms with Crippen LogP contribution in [0.3, 0.4) is 0 Å². The van der Waals surface area contributed by atoms with Crippen molar-refractivity contribution in [2.45, 2.75) is 57.5 Å². The molecule has 98 valence electrons. The number of benzene rings is 1. The van der Waals surface area contributed by atoms with Crippen LogP contribution in [-0.2, 0) is 6.42 Å². The van der Waals surface area contributed by atoms with Crippen LogP contribution in [0.15, 0.2) is 24.3 Å². The van der Waals surface area contributed by atoms with Gasteiger partial charge in [0.25, 0.3) is 0 Å². The number of rotatable bonds is 3. The molecule has 4 atom stereocenters. The molecule has 2 aliphatic carbocycles.